The second-order valence-corrected chi connectivity index (χ2v) is 3.59. The molecule has 5 heteroatoms. The van der Waals surface area contributed by atoms with Gasteiger partial charge in [-0.2, -0.15) is 0 Å². The van der Waals surface area contributed by atoms with Crippen molar-refractivity contribution in [3.05, 3.63) is 28.3 Å². The first-order chi connectivity index (χ1) is 7.77. The summed E-state index contributed by atoms with van der Waals surface area (Å²) in [6.07, 6.45) is 4.22. The fourth-order valence-corrected chi connectivity index (χ4v) is 1.76. The zero-order valence-electron chi connectivity index (χ0n) is 8.40. The van der Waals surface area contributed by atoms with Crippen molar-refractivity contribution in [3.63, 3.8) is 0 Å². The van der Waals surface area contributed by atoms with E-state index in [9.17, 15) is 4.79 Å². The third kappa shape index (κ3) is 1.77. The summed E-state index contributed by atoms with van der Waals surface area (Å²) in [5.74, 6) is 0.940. The normalized spacial score (nSPS) is 13.4. The molecule has 1 aliphatic heterocycles. The zero-order chi connectivity index (χ0) is 11.5. The summed E-state index contributed by atoms with van der Waals surface area (Å²) in [7, 11) is 0. The molecule has 0 saturated carbocycles. The van der Waals surface area contributed by atoms with E-state index in [-0.39, 0.29) is 6.79 Å². The van der Waals surface area contributed by atoms with E-state index < -0.39 is 0 Å². The molecule has 0 amide bonds. The summed E-state index contributed by atoms with van der Waals surface area (Å²) in [5.41, 5.74) is 6.44. The van der Waals surface area contributed by atoms with Crippen molar-refractivity contribution in [2.75, 3.05) is 13.3 Å². The molecule has 1 aromatic rings. The topological polar surface area (TPSA) is 61.6 Å². The summed E-state index contributed by atoms with van der Waals surface area (Å²) >= 11 is 5.96. The van der Waals surface area contributed by atoms with E-state index in [0.717, 1.165) is 5.56 Å². The van der Waals surface area contributed by atoms with Crippen LogP contribution in [0, 0.1) is 0 Å². The molecule has 4 nitrogen and oxygen atoms in total. The van der Waals surface area contributed by atoms with Crippen LogP contribution >= 0.6 is 11.6 Å². The lowest BCUT2D eigenvalue weighted by Crippen LogP contribution is -1.94. The average molecular weight is 240 g/mol. The van der Waals surface area contributed by atoms with Crippen LogP contribution in [-0.2, 0) is 0 Å². The fraction of sp³-hybridized carbons (Fsp3) is 0.182. The van der Waals surface area contributed by atoms with Gasteiger partial charge in [-0.3, -0.25) is 4.79 Å². The van der Waals surface area contributed by atoms with Gasteiger partial charge in [-0.1, -0.05) is 23.8 Å². The number of carbonyl (C=O) groups is 1. The Balaban J connectivity index is 2.57. The molecule has 0 bridgehead atoms. The quantitative estimate of drug-likeness (QED) is 0.818. The number of aldehydes is 1. The van der Waals surface area contributed by atoms with Crippen molar-refractivity contribution >= 4 is 24.0 Å². The van der Waals surface area contributed by atoms with Gasteiger partial charge in [-0.15, -0.1) is 0 Å². The molecule has 0 aromatic heterocycles. The summed E-state index contributed by atoms with van der Waals surface area (Å²) in [6.45, 7) is 0.517. The van der Waals surface area contributed by atoms with Gasteiger partial charge in [-0.05, 0) is 6.07 Å². The molecule has 1 aromatic carbocycles. The third-order valence-corrected chi connectivity index (χ3v) is 2.52. The Morgan fingerprint density at radius 2 is 2.19 bits per heavy atom. The molecule has 0 spiro atoms. The summed E-state index contributed by atoms with van der Waals surface area (Å²) < 4.78 is 10.5. The molecule has 0 radical (unpaired) electrons. The first-order valence-electron chi connectivity index (χ1n) is 4.71. The van der Waals surface area contributed by atoms with Gasteiger partial charge < -0.3 is 15.2 Å². The van der Waals surface area contributed by atoms with E-state index in [2.05, 4.69) is 0 Å². The molecular formula is C11H10ClNO3. The highest BCUT2D eigenvalue weighted by atomic mass is 35.5. The molecule has 0 fully saturated rings. The molecular weight excluding hydrogens is 230 g/mol. The van der Waals surface area contributed by atoms with Crippen LogP contribution < -0.4 is 15.2 Å². The first-order valence-corrected chi connectivity index (χ1v) is 5.09. The number of hydrogen-bond donors (Lipinski definition) is 1. The van der Waals surface area contributed by atoms with E-state index in [4.69, 9.17) is 26.8 Å². The van der Waals surface area contributed by atoms with Crippen molar-refractivity contribution in [3.8, 4) is 11.5 Å². The average Bonchev–Trinajstić information content (AvgIpc) is 2.75. The summed E-state index contributed by atoms with van der Waals surface area (Å²) in [5, 5.41) is 0.343. The van der Waals surface area contributed by atoms with Crippen molar-refractivity contribution in [1.82, 2.24) is 0 Å². The van der Waals surface area contributed by atoms with Crippen molar-refractivity contribution in [2.24, 2.45) is 5.73 Å². The van der Waals surface area contributed by atoms with Crippen LogP contribution in [0.5, 0.6) is 11.5 Å². The second-order valence-electron chi connectivity index (χ2n) is 3.18. The van der Waals surface area contributed by atoms with Crippen LogP contribution in [0.2, 0.25) is 5.02 Å². The van der Waals surface area contributed by atoms with E-state index in [0.29, 0.717) is 34.9 Å². The number of benzene rings is 1. The van der Waals surface area contributed by atoms with Crippen molar-refractivity contribution < 1.29 is 14.3 Å². The predicted octanol–water partition coefficient (Wildman–Crippen LogP) is 1.85. The van der Waals surface area contributed by atoms with Gasteiger partial charge in [0, 0.05) is 12.1 Å². The Labute approximate surface area is 97.6 Å². The summed E-state index contributed by atoms with van der Waals surface area (Å²) in [6, 6.07) is 1.66. The van der Waals surface area contributed by atoms with Gasteiger partial charge in [0.15, 0.2) is 17.8 Å². The molecule has 0 atom stereocenters. The smallest absolute Gasteiger partial charge is 0.231 e. The zero-order valence-corrected chi connectivity index (χ0v) is 9.16. The third-order valence-electron chi connectivity index (χ3n) is 2.21. The van der Waals surface area contributed by atoms with Crippen LogP contribution in [-0.4, -0.2) is 19.6 Å². The Kier molecular flexibility index (Phi) is 3.12. The highest BCUT2D eigenvalue weighted by molar-refractivity contribution is 6.33. The van der Waals surface area contributed by atoms with Gasteiger partial charge in [0.05, 0.1) is 10.6 Å². The number of ether oxygens (including phenoxy) is 2. The number of rotatable bonds is 3. The predicted molar refractivity (Wildman–Crippen MR) is 61.1 cm³/mol. The van der Waals surface area contributed by atoms with E-state index in [1.807, 2.05) is 0 Å². The van der Waals surface area contributed by atoms with Gasteiger partial charge in [0.1, 0.15) is 0 Å². The van der Waals surface area contributed by atoms with Gasteiger partial charge in [0.2, 0.25) is 6.79 Å². The minimum atomic E-state index is 0.0972. The molecule has 2 rings (SSSR count). The molecule has 0 unspecified atom stereocenters. The molecule has 2 N–H and O–H groups in total. The number of carbonyl (C=O) groups excluding carboxylic acids is 1. The highest BCUT2D eigenvalue weighted by Crippen LogP contribution is 2.42. The van der Waals surface area contributed by atoms with Gasteiger partial charge >= 0.3 is 0 Å². The molecule has 1 aliphatic rings. The Morgan fingerprint density at radius 1 is 1.44 bits per heavy atom. The molecule has 84 valence electrons. The van der Waals surface area contributed by atoms with Gasteiger partial charge in [-0.25, -0.2) is 0 Å². The number of nitrogens with two attached hydrogens (primary N) is 1. The Bertz CT molecular complexity index is 457. The van der Waals surface area contributed by atoms with Crippen LogP contribution in [0.3, 0.4) is 0 Å². The maximum atomic E-state index is 10.9. The second kappa shape index (κ2) is 4.55. The van der Waals surface area contributed by atoms with Crippen molar-refractivity contribution in [1.29, 1.82) is 0 Å². The molecule has 16 heavy (non-hydrogen) atoms. The van der Waals surface area contributed by atoms with Crippen molar-refractivity contribution in [2.45, 2.75) is 0 Å². The minimum absolute atomic E-state index is 0.0972. The lowest BCUT2D eigenvalue weighted by atomic mass is 10.1. The minimum Gasteiger partial charge on any atom is -0.453 e. The largest absolute Gasteiger partial charge is 0.453 e. The number of halogens is 1. The maximum Gasteiger partial charge on any atom is 0.231 e. The van der Waals surface area contributed by atoms with E-state index >= 15 is 0 Å². The molecule has 1 heterocycles. The number of hydrogen-bond acceptors (Lipinski definition) is 4. The molecule has 0 aliphatic carbocycles. The standard InChI is InChI=1S/C11H10ClNO3/c12-9-4-7(2-1-3-13)10-11(8(9)5-14)16-6-15-10/h1-2,4-5H,3,6,13H2/b2-1+. The van der Waals surface area contributed by atoms with Crippen LogP contribution in [0.1, 0.15) is 15.9 Å². The van der Waals surface area contributed by atoms with Crippen LogP contribution in [0.25, 0.3) is 6.08 Å². The van der Waals surface area contributed by atoms with E-state index in [1.165, 1.54) is 0 Å². The van der Waals surface area contributed by atoms with Crippen LogP contribution in [0.15, 0.2) is 12.1 Å². The number of fused-ring (bicyclic) bond motifs is 1. The fourth-order valence-electron chi connectivity index (χ4n) is 1.51. The molecule has 0 saturated heterocycles. The monoisotopic (exact) mass is 239 g/mol. The lowest BCUT2D eigenvalue weighted by molar-refractivity contribution is 0.111. The SMILES string of the molecule is NC/C=C/c1cc(Cl)c(C=O)c2c1OCO2. The van der Waals surface area contributed by atoms with Crippen LogP contribution in [0.4, 0.5) is 0 Å². The van der Waals surface area contributed by atoms with E-state index in [1.54, 1.807) is 18.2 Å². The summed E-state index contributed by atoms with van der Waals surface area (Å²) in [4.78, 5) is 10.9. The highest BCUT2D eigenvalue weighted by Gasteiger charge is 2.23. The Hall–Kier alpha value is -1.52. The van der Waals surface area contributed by atoms with Gasteiger partial charge in [0.25, 0.3) is 0 Å². The lowest BCUT2D eigenvalue weighted by Gasteiger charge is -2.05. The Morgan fingerprint density at radius 3 is 2.88 bits per heavy atom. The maximum absolute atomic E-state index is 10.9. The first kappa shape index (κ1) is 11.0.